The van der Waals surface area contributed by atoms with Crippen molar-refractivity contribution in [1.82, 2.24) is 4.90 Å². The highest BCUT2D eigenvalue weighted by atomic mass is 16.5. The van der Waals surface area contributed by atoms with Gasteiger partial charge in [0, 0.05) is 19.0 Å². The molecule has 1 aromatic rings. The minimum atomic E-state index is -0.999. The van der Waals surface area contributed by atoms with Crippen LogP contribution in [0.3, 0.4) is 0 Å². The summed E-state index contributed by atoms with van der Waals surface area (Å²) in [6.45, 7) is 2.30. The fourth-order valence-electron chi connectivity index (χ4n) is 3.37. The van der Waals surface area contributed by atoms with E-state index in [0.29, 0.717) is 12.3 Å². The molecule has 0 aliphatic heterocycles. The highest BCUT2D eigenvalue weighted by Gasteiger charge is 2.35. The number of hydrogen-bond acceptors (Lipinski definition) is 3. The van der Waals surface area contributed by atoms with Crippen molar-refractivity contribution in [3.8, 4) is 5.75 Å². The van der Waals surface area contributed by atoms with Crippen molar-refractivity contribution in [3.63, 3.8) is 0 Å². The number of carboxylic acid groups (broad SMARTS) is 1. The maximum atomic E-state index is 12.9. The van der Waals surface area contributed by atoms with Crippen LogP contribution in [0.2, 0.25) is 0 Å². The number of ether oxygens (including phenoxy) is 1. The lowest BCUT2D eigenvalue weighted by molar-refractivity contribution is -0.141. The molecule has 0 saturated heterocycles. The molecular formula is C19H27NO4. The zero-order chi connectivity index (χ0) is 17.6. The van der Waals surface area contributed by atoms with Crippen LogP contribution in [-0.2, 0) is 16.1 Å². The summed E-state index contributed by atoms with van der Waals surface area (Å²) in [5, 5.41) is 8.61. The molecule has 1 fully saturated rings. The minimum absolute atomic E-state index is 0.218. The predicted molar refractivity (Wildman–Crippen MR) is 91.9 cm³/mol. The lowest BCUT2D eigenvalue weighted by Crippen LogP contribution is -2.39. The number of nitrogens with zero attached hydrogens (tertiary/aromatic N) is 1. The first-order valence-corrected chi connectivity index (χ1v) is 8.60. The van der Waals surface area contributed by atoms with Crippen LogP contribution in [-0.4, -0.2) is 35.5 Å². The van der Waals surface area contributed by atoms with Crippen molar-refractivity contribution in [2.45, 2.75) is 52.0 Å². The van der Waals surface area contributed by atoms with Crippen LogP contribution in [0.5, 0.6) is 5.75 Å². The van der Waals surface area contributed by atoms with Crippen LogP contribution < -0.4 is 4.74 Å². The van der Waals surface area contributed by atoms with Crippen molar-refractivity contribution in [2.75, 3.05) is 13.7 Å². The quantitative estimate of drug-likeness (QED) is 0.810. The molecule has 1 N–H and O–H groups in total. The zero-order valence-corrected chi connectivity index (χ0v) is 14.6. The Morgan fingerprint density at radius 3 is 2.25 bits per heavy atom. The number of rotatable bonds is 6. The van der Waals surface area contributed by atoms with Gasteiger partial charge in [-0.2, -0.15) is 0 Å². The van der Waals surface area contributed by atoms with E-state index in [-0.39, 0.29) is 17.9 Å². The second-order valence-corrected chi connectivity index (χ2v) is 6.96. The normalized spacial score (nSPS) is 16.9. The van der Waals surface area contributed by atoms with Gasteiger partial charge in [0.05, 0.1) is 0 Å². The Morgan fingerprint density at radius 1 is 1.12 bits per heavy atom. The monoisotopic (exact) mass is 333 g/mol. The average molecular weight is 333 g/mol. The average Bonchev–Trinajstić information content (AvgIpc) is 2.79. The number of amides is 1. The Balaban J connectivity index is 1.94. The Morgan fingerprint density at radius 2 is 1.71 bits per heavy atom. The summed E-state index contributed by atoms with van der Waals surface area (Å²) >= 11 is 0. The number of aliphatic carboxylic acids is 1. The molecule has 0 aromatic heterocycles. The molecule has 1 aromatic carbocycles. The number of carbonyl (C=O) groups is 2. The molecule has 0 spiro atoms. The fraction of sp³-hybridized carbons (Fsp3) is 0.579. The fourth-order valence-corrected chi connectivity index (χ4v) is 3.37. The first kappa shape index (κ1) is 18.3. The molecule has 2 rings (SSSR count). The van der Waals surface area contributed by atoms with Crippen molar-refractivity contribution in [1.29, 1.82) is 0 Å². The third kappa shape index (κ3) is 4.98. The van der Waals surface area contributed by atoms with Gasteiger partial charge in [0.15, 0.2) is 6.61 Å². The Kier molecular flexibility index (Phi) is 6.23. The third-order valence-electron chi connectivity index (χ3n) is 4.78. The molecular weight excluding hydrogens is 306 g/mol. The third-order valence-corrected chi connectivity index (χ3v) is 4.78. The molecule has 1 saturated carbocycles. The summed E-state index contributed by atoms with van der Waals surface area (Å²) in [6.07, 6.45) is 6.66. The summed E-state index contributed by atoms with van der Waals surface area (Å²) in [6, 6.07) is 7.22. The number of benzene rings is 1. The molecule has 5 nitrogen and oxygen atoms in total. The van der Waals surface area contributed by atoms with Gasteiger partial charge in [-0.1, -0.05) is 44.7 Å². The largest absolute Gasteiger partial charge is 0.482 e. The molecule has 0 heterocycles. The predicted octanol–water partition coefficient (Wildman–Crippen LogP) is 3.47. The molecule has 24 heavy (non-hydrogen) atoms. The van der Waals surface area contributed by atoms with E-state index in [1.54, 1.807) is 17.0 Å². The second-order valence-electron chi connectivity index (χ2n) is 6.96. The SMILES string of the molecule is CN(Cc1ccc(OCC(=O)O)cc1)C(=O)C1(C)CCCCCC1. The van der Waals surface area contributed by atoms with Gasteiger partial charge >= 0.3 is 5.97 Å². The molecule has 5 heteroatoms. The van der Waals surface area contributed by atoms with Crippen molar-refractivity contribution in [3.05, 3.63) is 29.8 Å². The summed E-state index contributed by atoms with van der Waals surface area (Å²) in [7, 11) is 1.85. The minimum Gasteiger partial charge on any atom is -0.482 e. The topological polar surface area (TPSA) is 66.8 Å². The van der Waals surface area contributed by atoms with Crippen molar-refractivity contribution in [2.24, 2.45) is 5.41 Å². The molecule has 0 atom stereocenters. The summed E-state index contributed by atoms with van der Waals surface area (Å²) < 4.78 is 5.12. The van der Waals surface area contributed by atoms with Crippen LogP contribution >= 0.6 is 0 Å². The smallest absolute Gasteiger partial charge is 0.341 e. The van der Waals surface area contributed by atoms with E-state index < -0.39 is 5.97 Å². The first-order valence-electron chi connectivity index (χ1n) is 8.60. The Hall–Kier alpha value is -2.04. The van der Waals surface area contributed by atoms with Gasteiger partial charge in [-0.25, -0.2) is 4.79 Å². The van der Waals surface area contributed by atoms with Crippen LogP contribution in [0.15, 0.2) is 24.3 Å². The van der Waals surface area contributed by atoms with E-state index in [9.17, 15) is 9.59 Å². The van der Waals surface area contributed by atoms with Gasteiger partial charge in [0.2, 0.25) is 5.91 Å². The summed E-state index contributed by atoms with van der Waals surface area (Å²) in [5.41, 5.74) is 0.765. The maximum absolute atomic E-state index is 12.9. The molecule has 0 bridgehead atoms. The van der Waals surface area contributed by atoms with Gasteiger partial charge in [-0.05, 0) is 30.5 Å². The van der Waals surface area contributed by atoms with E-state index in [1.165, 1.54) is 12.8 Å². The van der Waals surface area contributed by atoms with Crippen LogP contribution in [0.1, 0.15) is 51.0 Å². The van der Waals surface area contributed by atoms with Gasteiger partial charge in [0.1, 0.15) is 5.75 Å². The van der Waals surface area contributed by atoms with Crippen LogP contribution in [0.25, 0.3) is 0 Å². The number of hydrogen-bond donors (Lipinski definition) is 1. The number of carboxylic acids is 1. The lowest BCUT2D eigenvalue weighted by Gasteiger charge is -2.32. The zero-order valence-electron chi connectivity index (χ0n) is 14.6. The van der Waals surface area contributed by atoms with E-state index in [2.05, 4.69) is 6.92 Å². The Labute approximate surface area is 143 Å². The molecule has 1 aliphatic rings. The molecule has 1 amide bonds. The second kappa shape index (κ2) is 8.18. The number of carbonyl (C=O) groups excluding carboxylic acids is 1. The van der Waals surface area contributed by atoms with Crippen molar-refractivity contribution >= 4 is 11.9 Å². The molecule has 0 radical (unpaired) electrons. The van der Waals surface area contributed by atoms with Gasteiger partial charge in [-0.3, -0.25) is 4.79 Å². The lowest BCUT2D eigenvalue weighted by atomic mass is 9.81. The highest BCUT2D eigenvalue weighted by Crippen LogP contribution is 2.36. The van der Waals surface area contributed by atoms with Crippen molar-refractivity contribution < 1.29 is 19.4 Å². The molecule has 1 aliphatic carbocycles. The van der Waals surface area contributed by atoms with Crippen LogP contribution in [0.4, 0.5) is 0 Å². The van der Waals surface area contributed by atoms with Crippen LogP contribution in [0, 0.1) is 5.41 Å². The van der Waals surface area contributed by atoms with Gasteiger partial charge in [0.25, 0.3) is 0 Å². The van der Waals surface area contributed by atoms with Gasteiger partial charge < -0.3 is 14.7 Å². The van der Waals surface area contributed by atoms with E-state index in [4.69, 9.17) is 9.84 Å². The molecule has 132 valence electrons. The summed E-state index contributed by atoms with van der Waals surface area (Å²) in [5.74, 6) is -0.262. The van der Waals surface area contributed by atoms with E-state index in [1.807, 2.05) is 19.2 Å². The Bertz CT molecular complexity index is 559. The highest BCUT2D eigenvalue weighted by molar-refractivity contribution is 5.82. The first-order chi connectivity index (χ1) is 11.4. The summed E-state index contributed by atoms with van der Waals surface area (Å²) in [4.78, 5) is 25.2. The van der Waals surface area contributed by atoms with E-state index >= 15 is 0 Å². The maximum Gasteiger partial charge on any atom is 0.341 e. The van der Waals surface area contributed by atoms with Gasteiger partial charge in [-0.15, -0.1) is 0 Å². The standard InChI is InChI=1S/C19H27NO4/c1-19(11-5-3-4-6-12-19)18(23)20(2)13-15-7-9-16(10-8-15)24-14-17(21)22/h7-10H,3-6,11-14H2,1-2H3,(H,21,22). The molecule has 0 unspecified atom stereocenters. The van der Waals surface area contributed by atoms with E-state index in [0.717, 1.165) is 31.2 Å².